The number of fused-ring (bicyclic) bond motifs is 7. The fourth-order valence-electron chi connectivity index (χ4n) is 7.78. The third-order valence-corrected chi connectivity index (χ3v) is 11.1. The summed E-state index contributed by atoms with van der Waals surface area (Å²) in [6.45, 7) is 2.32. The predicted octanol–water partition coefficient (Wildman–Crippen LogP) is 7.18. The van der Waals surface area contributed by atoms with Crippen molar-refractivity contribution < 1.29 is 19.8 Å². The van der Waals surface area contributed by atoms with Crippen molar-refractivity contribution in [1.82, 2.24) is 0 Å². The molecule has 7 rings (SSSR count). The number of hydrogen-bond donors (Lipinski definition) is 3. The first-order valence-electron chi connectivity index (χ1n) is 13.6. The van der Waals surface area contributed by atoms with Crippen LogP contribution < -0.4 is 5.73 Å². The van der Waals surface area contributed by atoms with Gasteiger partial charge >= 0.3 is 0 Å². The molecule has 0 spiro atoms. The molecule has 0 heterocycles. The molecular weight excluding hydrogens is 622 g/mol. The van der Waals surface area contributed by atoms with Crippen molar-refractivity contribution in [3.8, 4) is 5.75 Å². The predicted molar refractivity (Wildman–Crippen MR) is 158 cm³/mol. The van der Waals surface area contributed by atoms with Crippen molar-refractivity contribution in [1.29, 1.82) is 0 Å². The Hall–Kier alpha value is -2.48. The molecule has 2 saturated carbocycles. The van der Waals surface area contributed by atoms with E-state index < -0.39 is 0 Å². The maximum absolute atomic E-state index is 12.5. The zero-order valence-electron chi connectivity index (χ0n) is 21.7. The van der Waals surface area contributed by atoms with E-state index in [0.717, 1.165) is 25.2 Å². The average molecular weight is 653 g/mol. The second-order valence-corrected chi connectivity index (χ2v) is 13.4. The van der Waals surface area contributed by atoms with E-state index in [1.165, 1.54) is 30.4 Å². The molecule has 2 fully saturated rings. The number of carbonyl (C=O) groups is 2. The van der Waals surface area contributed by atoms with E-state index >= 15 is 0 Å². The maximum Gasteiger partial charge on any atom is 0.196 e. The number of anilines is 1. The Morgan fingerprint density at radius 3 is 2.31 bits per heavy atom. The molecule has 0 aliphatic heterocycles. The Morgan fingerprint density at radius 1 is 0.897 bits per heavy atom. The first-order valence-corrected chi connectivity index (χ1v) is 15.2. The number of aliphatic hydroxyl groups excluding tert-OH is 1. The molecule has 0 bridgehead atoms. The van der Waals surface area contributed by atoms with Crippen LogP contribution >= 0.6 is 31.9 Å². The van der Waals surface area contributed by atoms with Crippen LogP contribution in [0.3, 0.4) is 0 Å². The van der Waals surface area contributed by atoms with Gasteiger partial charge in [-0.2, -0.15) is 0 Å². The first kappa shape index (κ1) is 26.7. The molecule has 0 saturated heterocycles. The van der Waals surface area contributed by atoms with Crippen molar-refractivity contribution in [2.75, 3.05) is 5.73 Å². The van der Waals surface area contributed by atoms with Gasteiger partial charge in [0.1, 0.15) is 5.75 Å². The van der Waals surface area contributed by atoms with Gasteiger partial charge in [0.2, 0.25) is 0 Å². The van der Waals surface area contributed by atoms with E-state index in [0.29, 0.717) is 48.9 Å². The lowest BCUT2D eigenvalue weighted by Gasteiger charge is -2.50. The lowest BCUT2D eigenvalue weighted by atomic mass is 9.55. The fourth-order valence-corrected chi connectivity index (χ4v) is 9.12. The van der Waals surface area contributed by atoms with Gasteiger partial charge in [-0.15, -0.1) is 0 Å². The normalized spacial score (nSPS) is 28.3. The molecule has 1 unspecified atom stereocenters. The largest absolute Gasteiger partial charge is 0.508 e. The molecule has 4 N–H and O–H groups in total. The van der Waals surface area contributed by atoms with Crippen molar-refractivity contribution >= 4 is 49.1 Å². The van der Waals surface area contributed by atoms with Crippen molar-refractivity contribution in [2.24, 2.45) is 17.3 Å². The quantitative estimate of drug-likeness (QED) is 0.175. The van der Waals surface area contributed by atoms with Crippen LogP contribution in [0.2, 0.25) is 0 Å². The number of aryl methyl sites for hydroxylation is 1. The van der Waals surface area contributed by atoms with E-state index in [9.17, 15) is 19.8 Å². The summed E-state index contributed by atoms with van der Waals surface area (Å²) in [5.74, 6) is 2.09. The maximum atomic E-state index is 12.5. The molecule has 0 aromatic heterocycles. The van der Waals surface area contributed by atoms with Crippen LogP contribution in [-0.2, 0) is 6.42 Å². The first-order chi connectivity index (χ1) is 18.6. The van der Waals surface area contributed by atoms with Gasteiger partial charge in [-0.05, 0) is 123 Å². The second kappa shape index (κ2) is 9.86. The van der Waals surface area contributed by atoms with Crippen LogP contribution in [0.15, 0.2) is 57.5 Å². The van der Waals surface area contributed by atoms with E-state index in [1.807, 2.05) is 12.1 Å². The van der Waals surface area contributed by atoms with Crippen LogP contribution in [0.4, 0.5) is 5.69 Å². The number of nitrogens with two attached hydrogens (primary N) is 1. The average Bonchev–Trinajstić information content (AvgIpc) is 3.23. The van der Waals surface area contributed by atoms with Crippen LogP contribution in [0.1, 0.15) is 87.9 Å². The number of phenolic OH excluding ortho intramolecular Hbond substituents is 1. The summed E-state index contributed by atoms with van der Waals surface area (Å²) in [6, 6.07) is 14.4. The van der Waals surface area contributed by atoms with Crippen LogP contribution in [0, 0.1) is 17.3 Å². The SMILES string of the molecule is C[C@]12CC[C@@H]3c4ccc(O)cc4CC[C@H]3[C@@H]1CCC2O.Nc1c(Br)cc(Br)c2c1C(=O)c1ccccc1C2=O. The smallest absolute Gasteiger partial charge is 0.196 e. The molecule has 4 aliphatic carbocycles. The number of rotatable bonds is 0. The summed E-state index contributed by atoms with van der Waals surface area (Å²) in [4.78, 5) is 25.0. The van der Waals surface area contributed by atoms with Gasteiger partial charge in [0.05, 0.1) is 22.9 Å². The van der Waals surface area contributed by atoms with Gasteiger partial charge < -0.3 is 15.9 Å². The fraction of sp³-hybridized carbons (Fsp3) is 0.375. The van der Waals surface area contributed by atoms with Gasteiger partial charge in [0, 0.05) is 20.1 Å². The highest BCUT2D eigenvalue weighted by Gasteiger charge is 2.54. The zero-order valence-corrected chi connectivity index (χ0v) is 24.9. The second-order valence-electron chi connectivity index (χ2n) is 11.6. The molecule has 202 valence electrons. The molecule has 4 aliphatic rings. The number of aliphatic hydroxyl groups is 1. The number of ketones is 2. The summed E-state index contributed by atoms with van der Waals surface area (Å²) < 4.78 is 1.16. The molecule has 39 heavy (non-hydrogen) atoms. The summed E-state index contributed by atoms with van der Waals surface area (Å²) in [5, 5.41) is 20.0. The molecular formula is C32H31Br2NO4. The van der Waals surface area contributed by atoms with Gasteiger partial charge in [0.25, 0.3) is 0 Å². The lowest BCUT2D eigenvalue weighted by Crippen LogP contribution is -2.43. The molecule has 5 atom stereocenters. The molecule has 3 aromatic rings. The standard InChI is InChI=1S/C18H24O2.C14H7Br2NO2/c1-18-9-8-14-13-5-3-12(19)10-11(13)2-4-15(14)16(18)6-7-17(18)20;15-8-5-9(16)12(17)11-10(8)13(18)6-3-1-2-4-7(6)14(11)19/h3,5,10,14-17,19-20H,2,4,6-9H2,1H3;1-5H,17H2/t14-,15-,16+,17?,18+;/m1./s1. The van der Waals surface area contributed by atoms with E-state index in [2.05, 4.69) is 44.8 Å². The monoisotopic (exact) mass is 651 g/mol. The number of carbonyl (C=O) groups excluding carboxylic acids is 2. The highest BCUT2D eigenvalue weighted by Crippen LogP contribution is 2.60. The Balaban J connectivity index is 0.000000142. The number of nitrogen functional groups attached to an aromatic ring is 1. The number of hydrogen-bond acceptors (Lipinski definition) is 5. The van der Waals surface area contributed by atoms with Crippen LogP contribution in [0.5, 0.6) is 5.75 Å². The minimum atomic E-state index is -0.218. The Bertz CT molecular complexity index is 1520. The van der Waals surface area contributed by atoms with Crippen molar-refractivity contribution in [3.05, 3.63) is 90.9 Å². The topological polar surface area (TPSA) is 101 Å². The lowest BCUT2D eigenvalue weighted by molar-refractivity contribution is -0.0226. The minimum Gasteiger partial charge on any atom is -0.508 e. The zero-order chi connectivity index (χ0) is 27.6. The van der Waals surface area contributed by atoms with Crippen LogP contribution in [0.25, 0.3) is 0 Å². The summed E-state index contributed by atoms with van der Waals surface area (Å²) in [6.07, 6.45) is 6.78. The van der Waals surface area contributed by atoms with E-state index in [1.54, 1.807) is 30.3 Å². The highest BCUT2D eigenvalue weighted by atomic mass is 79.9. The highest BCUT2D eigenvalue weighted by molar-refractivity contribution is 9.11. The van der Waals surface area contributed by atoms with Gasteiger partial charge in [0.15, 0.2) is 11.6 Å². The van der Waals surface area contributed by atoms with E-state index in [-0.39, 0.29) is 28.6 Å². The van der Waals surface area contributed by atoms with Gasteiger partial charge in [-0.25, -0.2) is 0 Å². The third kappa shape index (κ3) is 4.20. The summed E-state index contributed by atoms with van der Waals surface area (Å²) in [7, 11) is 0. The third-order valence-electron chi connectivity index (χ3n) is 9.80. The summed E-state index contributed by atoms with van der Waals surface area (Å²) in [5.41, 5.74) is 10.7. The van der Waals surface area contributed by atoms with Gasteiger partial charge in [-0.1, -0.05) is 37.3 Å². The number of phenols is 1. The van der Waals surface area contributed by atoms with Gasteiger partial charge in [-0.3, -0.25) is 9.59 Å². The van der Waals surface area contributed by atoms with E-state index in [4.69, 9.17) is 5.73 Å². The molecule has 0 amide bonds. The Kier molecular flexibility index (Phi) is 6.76. The number of benzene rings is 3. The summed E-state index contributed by atoms with van der Waals surface area (Å²) >= 11 is 6.62. The van der Waals surface area contributed by atoms with Crippen LogP contribution in [-0.4, -0.2) is 27.9 Å². The molecule has 0 radical (unpaired) electrons. The van der Waals surface area contributed by atoms with Crippen molar-refractivity contribution in [2.45, 2.75) is 57.5 Å². The number of halogens is 2. The Morgan fingerprint density at radius 2 is 1.59 bits per heavy atom. The minimum absolute atomic E-state index is 0.0883. The molecule has 3 aromatic carbocycles. The Labute approximate surface area is 245 Å². The van der Waals surface area contributed by atoms with Crippen molar-refractivity contribution in [3.63, 3.8) is 0 Å². The number of aromatic hydroxyl groups is 1. The molecule has 7 heteroatoms. The molecule has 5 nitrogen and oxygen atoms in total.